The minimum absolute atomic E-state index is 0.187. The SMILES string of the molecule is CC(C)(C)OC(=O)N1CCC(N2CCCc3cc(Br)ccc32)C1. The van der Waals surface area contributed by atoms with Crippen LogP contribution in [0.15, 0.2) is 22.7 Å². The summed E-state index contributed by atoms with van der Waals surface area (Å²) in [6, 6.07) is 6.93. The topological polar surface area (TPSA) is 32.8 Å². The van der Waals surface area contributed by atoms with Gasteiger partial charge in [-0.25, -0.2) is 4.79 Å². The summed E-state index contributed by atoms with van der Waals surface area (Å²) in [5.41, 5.74) is 2.30. The average Bonchev–Trinajstić information content (AvgIpc) is 2.94. The zero-order chi connectivity index (χ0) is 16.6. The number of halogens is 1. The van der Waals surface area contributed by atoms with Gasteiger partial charge in [-0.15, -0.1) is 0 Å². The van der Waals surface area contributed by atoms with Gasteiger partial charge in [0.05, 0.1) is 0 Å². The molecule has 0 radical (unpaired) electrons. The second-order valence-electron chi connectivity index (χ2n) is 7.44. The lowest BCUT2D eigenvalue weighted by Gasteiger charge is -2.36. The number of hydrogen-bond acceptors (Lipinski definition) is 3. The van der Waals surface area contributed by atoms with Crippen LogP contribution in [-0.4, -0.2) is 42.3 Å². The van der Waals surface area contributed by atoms with Crippen molar-refractivity contribution in [2.24, 2.45) is 0 Å². The largest absolute Gasteiger partial charge is 0.444 e. The number of hydrogen-bond donors (Lipinski definition) is 0. The molecule has 2 heterocycles. The van der Waals surface area contributed by atoms with Crippen LogP contribution >= 0.6 is 15.9 Å². The fraction of sp³-hybridized carbons (Fsp3) is 0.611. The predicted molar refractivity (Wildman–Crippen MR) is 96.0 cm³/mol. The van der Waals surface area contributed by atoms with Gasteiger partial charge in [0.15, 0.2) is 0 Å². The van der Waals surface area contributed by atoms with Crippen molar-refractivity contribution in [1.82, 2.24) is 4.90 Å². The minimum Gasteiger partial charge on any atom is -0.444 e. The number of benzene rings is 1. The molecule has 1 saturated heterocycles. The number of amides is 1. The van der Waals surface area contributed by atoms with E-state index in [1.165, 1.54) is 17.7 Å². The lowest BCUT2D eigenvalue weighted by molar-refractivity contribution is 0.0292. The molecule has 1 unspecified atom stereocenters. The maximum atomic E-state index is 12.3. The molecule has 2 aliphatic heterocycles. The molecule has 0 spiro atoms. The number of nitrogens with zero attached hydrogens (tertiary/aromatic N) is 2. The van der Waals surface area contributed by atoms with Crippen LogP contribution in [0.2, 0.25) is 0 Å². The van der Waals surface area contributed by atoms with E-state index in [0.717, 1.165) is 36.9 Å². The van der Waals surface area contributed by atoms with Crippen molar-refractivity contribution in [3.05, 3.63) is 28.2 Å². The first-order chi connectivity index (χ1) is 10.8. The maximum Gasteiger partial charge on any atom is 0.410 e. The van der Waals surface area contributed by atoms with Crippen molar-refractivity contribution in [1.29, 1.82) is 0 Å². The van der Waals surface area contributed by atoms with Crippen molar-refractivity contribution < 1.29 is 9.53 Å². The first-order valence-corrected chi connectivity index (χ1v) is 9.16. The lowest BCUT2D eigenvalue weighted by atomic mass is 10.00. The van der Waals surface area contributed by atoms with Crippen molar-refractivity contribution in [2.75, 3.05) is 24.5 Å². The highest BCUT2D eigenvalue weighted by atomic mass is 79.9. The standard InChI is InChI=1S/C18H25BrN2O2/c1-18(2,3)23-17(22)20-10-8-15(12-20)21-9-4-5-13-11-14(19)6-7-16(13)21/h6-7,11,15H,4-5,8-10,12H2,1-3H3. The molecule has 2 aliphatic rings. The van der Waals surface area contributed by atoms with Gasteiger partial charge in [0, 0.05) is 35.8 Å². The Kier molecular flexibility index (Phi) is 4.59. The highest BCUT2D eigenvalue weighted by Crippen LogP contribution is 2.33. The van der Waals surface area contributed by atoms with Gasteiger partial charge in [0.25, 0.3) is 0 Å². The molecule has 126 valence electrons. The zero-order valence-electron chi connectivity index (χ0n) is 14.1. The molecule has 1 atom stereocenters. The summed E-state index contributed by atoms with van der Waals surface area (Å²) in [6.07, 6.45) is 3.13. The number of anilines is 1. The Labute approximate surface area is 146 Å². The number of rotatable bonds is 1. The van der Waals surface area contributed by atoms with Crippen LogP contribution in [-0.2, 0) is 11.2 Å². The first kappa shape index (κ1) is 16.6. The second-order valence-corrected chi connectivity index (χ2v) is 8.35. The van der Waals surface area contributed by atoms with Gasteiger partial charge in [-0.3, -0.25) is 0 Å². The molecule has 23 heavy (non-hydrogen) atoms. The Balaban J connectivity index is 1.70. The smallest absolute Gasteiger partial charge is 0.410 e. The van der Waals surface area contributed by atoms with Gasteiger partial charge < -0.3 is 14.5 Å². The number of carbonyl (C=O) groups excluding carboxylic acids is 1. The number of aryl methyl sites for hydroxylation is 1. The van der Waals surface area contributed by atoms with Gasteiger partial charge in [-0.1, -0.05) is 15.9 Å². The quantitative estimate of drug-likeness (QED) is 0.731. The Bertz CT molecular complexity index is 597. The Morgan fingerprint density at radius 1 is 1.30 bits per heavy atom. The molecule has 1 aromatic rings. The van der Waals surface area contributed by atoms with Crippen molar-refractivity contribution in [3.8, 4) is 0 Å². The molecule has 0 bridgehead atoms. The van der Waals surface area contributed by atoms with Gasteiger partial charge in [-0.2, -0.15) is 0 Å². The van der Waals surface area contributed by atoms with Crippen LogP contribution in [0.1, 0.15) is 39.2 Å². The molecule has 0 aliphatic carbocycles. The number of fused-ring (bicyclic) bond motifs is 1. The van der Waals surface area contributed by atoms with Crippen molar-refractivity contribution >= 4 is 27.7 Å². The van der Waals surface area contributed by atoms with E-state index in [4.69, 9.17) is 4.74 Å². The van der Waals surface area contributed by atoms with Gasteiger partial charge in [0.2, 0.25) is 0 Å². The normalized spacial score (nSPS) is 21.3. The minimum atomic E-state index is -0.431. The summed E-state index contributed by atoms with van der Waals surface area (Å²) >= 11 is 3.56. The predicted octanol–water partition coefficient (Wildman–Crippen LogP) is 4.21. The van der Waals surface area contributed by atoms with Crippen LogP contribution in [0, 0.1) is 0 Å². The van der Waals surface area contributed by atoms with Gasteiger partial charge >= 0.3 is 6.09 Å². The fourth-order valence-corrected chi connectivity index (χ4v) is 3.87. The second kappa shape index (κ2) is 6.34. The van der Waals surface area contributed by atoms with Crippen molar-refractivity contribution in [2.45, 2.75) is 51.7 Å². The van der Waals surface area contributed by atoms with Crippen LogP contribution in [0.3, 0.4) is 0 Å². The molecular weight excluding hydrogens is 356 g/mol. The monoisotopic (exact) mass is 380 g/mol. The summed E-state index contributed by atoms with van der Waals surface area (Å²) in [5.74, 6) is 0. The Morgan fingerprint density at radius 3 is 2.83 bits per heavy atom. The van der Waals surface area contributed by atoms with Crippen LogP contribution < -0.4 is 4.90 Å². The van der Waals surface area contributed by atoms with E-state index in [2.05, 4.69) is 39.0 Å². The average molecular weight is 381 g/mol. The summed E-state index contributed by atoms with van der Waals surface area (Å²) in [6.45, 7) is 8.35. The molecule has 0 aromatic heterocycles. The Hall–Kier alpha value is -1.23. The summed E-state index contributed by atoms with van der Waals surface area (Å²) in [5, 5.41) is 0. The van der Waals surface area contributed by atoms with Crippen molar-refractivity contribution in [3.63, 3.8) is 0 Å². The highest BCUT2D eigenvalue weighted by molar-refractivity contribution is 9.10. The number of carbonyl (C=O) groups is 1. The zero-order valence-corrected chi connectivity index (χ0v) is 15.7. The molecule has 3 rings (SSSR count). The van der Waals surface area contributed by atoms with E-state index >= 15 is 0 Å². The maximum absolute atomic E-state index is 12.3. The molecule has 0 saturated carbocycles. The molecular formula is C18H25BrN2O2. The first-order valence-electron chi connectivity index (χ1n) is 8.36. The summed E-state index contributed by atoms with van der Waals surface area (Å²) in [4.78, 5) is 16.6. The highest BCUT2D eigenvalue weighted by Gasteiger charge is 2.34. The van der Waals surface area contributed by atoms with Gasteiger partial charge in [0.1, 0.15) is 5.60 Å². The fourth-order valence-electron chi connectivity index (χ4n) is 3.46. The van der Waals surface area contributed by atoms with Crippen LogP contribution in [0.5, 0.6) is 0 Å². The number of ether oxygens (including phenoxy) is 1. The van der Waals surface area contributed by atoms with E-state index in [1.807, 2.05) is 25.7 Å². The third-order valence-electron chi connectivity index (χ3n) is 4.45. The molecule has 1 fully saturated rings. The third-order valence-corrected chi connectivity index (χ3v) is 4.95. The van der Waals surface area contributed by atoms with Crippen LogP contribution in [0.4, 0.5) is 10.5 Å². The molecule has 5 heteroatoms. The lowest BCUT2D eigenvalue weighted by Crippen LogP contribution is -2.42. The van der Waals surface area contributed by atoms with E-state index in [-0.39, 0.29) is 6.09 Å². The van der Waals surface area contributed by atoms with E-state index < -0.39 is 5.60 Å². The summed E-state index contributed by atoms with van der Waals surface area (Å²) < 4.78 is 6.64. The molecule has 1 aromatic carbocycles. The van der Waals surface area contributed by atoms with E-state index in [9.17, 15) is 4.79 Å². The summed E-state index contributed by atoms with van der Waals surface area (Å²) in [7, 11) is 0. The van der Waals surface area contributed by atoms with Gasteiger partial charge in [-0.05, 0) is 63.8 Å². The van der Waals surface area contributed by atoms with Crippen LogP contribution in [0.25, 0.3) is 0 Å². The van der Waals surface area contributed by atoms with E-state index in [0.29, 0.717) is 6.04 Å². The third kappa shape index (κ3) is 3.82. The van der Waals surface area contributed by atoms with E-state index in [1.54, 1.807) is 0 Å². The Morgan fingerprint density at radius 2 is 2.09 bits per heavy atom. The molecule has 1 amide bonds. The number of likely N-dealkylation sites (tertiary alicyclic amines) is 1. The molecule has 4 nitrogen and oxygen atoms in total. The molecule has 0 N–H and O–H groups in total.